The molecule has 0 radical (unpaired) electrons. The second-order valence-electron chi connectivity index (χ2n) is 14.6. The van der Waals surface area contributed by atoms with Crippen molar-refractivity contribution in [2.45, 2.75) is 0 Å². The second kappa shape index (κ2) is 13.6. The van der Waals surface area contributed by atoms with E-state index in [2.05, 4.69) is 182 Å². The van der Waals surface area contributed by atoms with E-state index in [1.165, 1.54) is 38.2 Å². The number of nitrogens with zero attached hydrogens (tertiary/aromatic N) is 2. The first-order valence-corrected chi connectivity index (χ1v) is 19.3. The molecular weight excluding hydrogens is 693 g/mol. The predicted octanol–water partition coefficient (Wildman–Crippen LogP) is 14.7. The maximum atomic E-state index is 6.76. The molecule has 0 aliphatic heterocycles. The topological polar surface area (TPSA) is 38.9 Å². The van der Waals surface area contributed by atoms with Crippen LogP contribution in [-0.2, 0) is 0 Å². The van der Waals surface area contributed by atoms with Gasteiger partial charge in [-0.3, -0.25) is 0 Å². The third-order valence-corrected chi connectivity index (χ3v) is 11.1. The molecule has 0 aliphatic rings. The van der Waals surface area contributed by atoms with E-state index in [4.69, 9.17) is 14.4 Å². The van der Waals surface area contributed by atoms with Crippen molar-refractivity contribution in [2.75, 3.05) is 0 Å². The van der Waals surface area contributed by atoms with E-state index in [1.54, 1.807) is 0 Å². The van der Waals surface area contributed by atoms with Gasteiger partial charge in [0.15, 0.2) is 5.82 Å². The minimum atomic E-state index is 0.679. The average Bonchev–Trinajstić information content (AvgIpc) is 3.67. The van der Waals surface area contributed by atoms with Gasteiger partial charge in [-0.25, -0.2) is 9.97 Å². The standard InChI is InChI=1S/C54H34N2O/c1-3-11-35(12-4-1)37-21-26-41(27-22-37)54-55-49(40-14-5-2-6-15-40)34-50(56-54)44-29-30-47-51(32-44)57-52-33-48(45-17-9-10-18-46(45)53(47)52)39-24-19-38(20-25-39)43-28-23-36-13-7-8-16-42(36)31-43/h1-34H. The van der Waals surface area contributed by atoms with Crippen LogP contribution in [0.25, 0.3) is 111 Å². The summed E-state index contributed by atoms with van der Waals surface area (Å²) in [6, 6.07) is 72.7. The predicted molar refractivity (Wildman–Crippen MR) is 237 cm³/mol. The fourth-order valence-electron chi connectivity index (χ4n) is 8.17. The lowest BCUT2D eigenvalue weighted by Gasteiger charge is -2.10. The maximum absolute atomic E-state index is 6.76. The Kier molecular flexibility index (Phi) is 7.82. The Morgan fingerprint density at radius 3 is 1.60 bits per heavy atom. The molecule has 0 fully saturated rings. The number of fused-ring (bicyclic) bond motifs is 6. The van der Waals surface area contributed by atoms with E-state index >= 15 is 0 Å². The van der Waals surface area contributed by atoms with Gasteiger partial charge in [-0.1, -0.05) is 176 Å². The SMILES string of the molecule is c1ccc(-c2ccc(-c3nc(-c4ccccc4)cc(-c4ccc5c(c4)oc4cc(-c6ccc(-c7ccc8ccccc8c7)cc6)c6ccccc6c45)n3)cc2)cc1. The molecule has 3 nitrogen and oxygen atoms in total. The quantitative estimate of drug-likeness (QED) is 0.171. The van der Waals surface area contributed by atoms with Gasteiger partial charge in [0.2, 0.25) is 0 Å². The Balaban J connectivity index is 1.00. The minimum Gasteiger partial charge on any atom is -0.456 e. The summed E-state index contributed by atoms with van der Waals surface area (Å²) < 4.78 is 6.76. The van der Waals surface area contributed by atoms with Crippen molar-refractivity contribution in [2.24, 2.45) is 0 Å². The van der Waals surface area contributed by atoms with Gasteiger partial charge in [0.25, 0.3) is 0 Å². The Morgan fingerprint density at radius 1 is 0.298 bits per heavy atom. The number of furan rings is 1. The molecule has 0 saturated heterocycles. The van der Waals surface area contributed by atoms with Crippen molar-refractivity contribution >= 4 is 43.5 Å². The largest absolute Gasteiger partial charge is 0.456 e. The summed E-state index contributed by atoms with van der Waals surface area (Å²) in [7, 11) is 0. The number of hydrogen-bond donors (Lipinski definition) is 0. The van der Waals surface area contributed by atoms with Gasteiger partial charge in [0.1, 0.15) is 11.2 Å². The number of hydrogen-bond acceptors (Lipinski definition) is 3. The molecule has 0 saturated carbocycles. The Morgan fingerprint density at radius 2 is 0.842 bits per heavy atom. The smallest absolute Gasteiger partial charge is 0.160 e. The van der Waals surface area contributed by atoms with Crippen LogP contribution in [0.2, 0.25) is 0 Å². The van der Waals surface area contributed by atoms with Crippen molar-refractivity contribution < 1.29 is 4.42 Å². The van der Waals surface area contributed by atoms with Crippen LogP contribution in [0.5, 0.6) is 0 Å². The van der Waals surface area contributed by atoms with Crippen LogP contribution in [0.4, 0.5) is 0 Å². The van der Waals surface area contributed by atoms with Crippen LogP contribution in [-0.4, -0.2) is 9.97 Å². The highest BCUT2D eigenvalue weighted by molar-refractivity contribution is 6.22. The van der Waals surface area contributed by atoms with Crippen LogP contribution >= 0.6 is 0 Å². The molecule has 11 aromatic rings. The molecule has 0 aliphatic carbocycles. The first-order chi connectivity index (χ1) is 28.2. The average molecular weight is 727 g/mol. The molecule has 0 spiro atoms. The van der Waals surface area contributed by atoms with Crippen molar-refractivity contribution in [3.8, 4) is 67.3 Å². The summed E-state index contributed by atoms with van der Waals surface area (Å²) in [5.41, 5.74) is 13.4. The van der Waals surface area contributed by atoms with Gasteiger partial charge in [0, 0.05) is 27.5 Å². The highest BCUT2D eigenvalue weighted by Crippen LogP contribution is 2.42. The van der Waals surface area contributed by atoms with E-state index in [0.29, 0.717) is 5.82 Å². The minimum absolute atomic E-state index is 0.679. The molecule has 0 atom stereocenters. The molecule has 11 rings (SSSR count). The summed E-state index contributed by atoms with van der Waals surface area (Å²) in [5.74, 6) is 0.679. The van der Waals surface area contributed by atoms with Gasteiger partial charge in [-0.15, -0.1) is 0 Å². The van der Waals surface area contributed by atoms with Crippen molar-refractivity contribution in [1.29, 1.82) is 0 Å². The first kappa shape index (κ1) is 32.8. The fraction of sp³-hybridized carbons (Fsp3) is 0. The van der Waals surface area contributed by atoms with E-state index in [-0.39, 0.29) is 0 Å². The summed E-state index contributed by atoms with van der Waals surface area (Å²) in [6.45, 7) is 0. The molecule has 0 N–H and O–H groups in total. The lowest BCUT2D eigenvalue weighted by Crippen LogP contribution is -1.96. The van der Waals surface area contributed by atoms with Crippen LogP contribution in [0.1, 0.15) is 0 Å². The molecule has 0 unspecified atom stereocenters. The zero-order chi connectivity index (χ0) is 37.7. The van der Waals surface area contributed by atoms with Crippen molar-refractivity contribution in [1.82, 2.24) is 9.97 Å². The molecule has 2 aromatic heterocycles. The fourth-order valence-corrected chi connectivity index (χ4v) is 8.17. The van der Waals surface area contributed by atoms with Gasteiger partial charge >= 0.3 is 0 Å². The van der Waals surface area contributed by atoms with E-state index in [0.717, 1.165) is 66.7 Å². The zero-order valence-corrected chi connectivity index (χ0v) is 30.9. The Bertz CT molecular complexity index is 3260. The van der Waals surface area contributed by atoms with E-state index < -0.39 is 0 Å². The molecule has 9 aromatic carbocycles. The third-order valence-electron chi connectivity index (χ3n) is 11.1. The van der Waals surface area contributed by atoms with Crippen LogP contribution in [0.15, 0.2) is 211 Å². The lowest BCUT2D eigenvalue weighted by atomic mass is 9.93. The number of aromatic nitrogens is 2. The normalized spacial score (nSPS) is 11.5. The van der Waals surface area contributed by atoms with Gasteiger partial charge < -0.3 is 4.42 Å². The summed E-state index contributed by atoms with van der Waals surface area (Å²) >= 11 is 0. The zero-order valence-electron chi connectivity index (χ0n) is 30.9. The van der Waals surface area contributed by atoms with Crippen LogP contribution < -0.4 is 0 Å². The molecule has 3 heteroatoms. The number of rotatable bonds is 6. The van der Waals surface area contributed by atoms with Gasteiger partial charge in [-0.2, -0.15) is 0 Å². The summed E-state index contributed by atoms with van der Waals surface area (Å²) in [4.78, 5) is 10.2. The molecule has 2 heterocycles. The molecule has 266 valence electrons. The number of benzene rings is 9. The molecule has 0 bridgehead atoms. The monoisotopic (exact) mass is 726 g/mol. The summed E-state index contributed by atoms with van der Waals surface area (Å²) in [5, 5.41) is 7.06. The van der Waals surface area contributed by atoms with E-state index in [1.807, 2.05) is 24.3 Å². The Hall–Kier alpha value is -7.62. The van der Waals surface area contributed by atoms with Gasteiger partial charge in [0.05, 0.1) is 11.4 Å². The second-order valence-corrected chi connectivity index (χ2v) is 14.6. The third kappa shape index (κ3) is 5.94. The maximum Gasteiger partial charge on any atom is 0.160 e. The molecule has 0 amide bonds. The lowest BCUT2D eigenvalue weighted by molar-refractivity contribution is 0.669. The summed E-state index contributed by atoms with van der Waals surface area (Å²) in [6.07, 6.45) is 0. The highest BCUT2D eigenvalue weighted by atomic mass is 16.3. The highest BCUT2D eigenvalue weighted by Gasteiger charge is 2.17. The molecular formula is C54H34N2O. The van der Waals surface area contributed by atoms with E-state index in [9.17, 15) is 0 Å². The Labute approximate surface area is 330 Å². The van der Waals surface area contributed by atoms with Crippen LogP contribution in [0.3, 0.4) is 0 Å². The van der Waals surface area contributed by atoms with Crippen LogP contribution in [0, 0.1) is 0 Å². The van der Waals surface area contributed by atoms with Crippen molar-refractivity contribution in [3.05, 3.63) is 206 Å². The first-order valence-electron chi connectivity index (χ1n) is 19.3. The van der Waals surface area contributed by atoms with Gasteiger partial charge in [-0.05, 0) is 85.3 Å². The molecule has 57 heavy (non-hydrogen) atoms. The van der Waals surface area contributed by atoms with Crippen molar-refractivity contribution in [3.63, 3.8) is 0 Å².